The molecule has 1 heterocycles. The Labute approximate surface area is 94.1 Å². The molecule has 0 aliphatic rings. The van der Waals surface area contributed by atoms with E-state index in [-0.39, 0.29) is 4.90 Å². The molecule has 0 amide bonds. The number of carboxylic acids is 1. The number of carbonyl (C=O) groups is 1. The summed E-state index contributed by atoms with van der Waals surface area (Å²) >= 11 is 0. The predicted molar refractivity (Wildman–Crippen MR) is 57.9 cm³/mol. The van der Waals surface area contributed by atoms with Crippen LogP contribution in [-0.4, -0.2) is 30.2 Å². The SMILES string of the molecule is CCc1cncc(S(=O)(=O)CCC(=O)O)c1. The topological polar surface area (TPSA) is 84.3 Å². The van der Waals surface area contributed by atoms with Crippen LogP contribution in [0, 0.1) is 0 Å². The monoisotopic (exact) mass is 243 g/mol. The number of aromatic nitrogens is 1. The number of aryl methyl sites for hydroxylation is 1. The first-order valence-electron chi connectivity index (χ1n) is 4.84. The van der Waals surface area contributed by atoms with Crippen molar-refractivity contribution in [2.75, 3.05) is 5.75 Å². The van der Waals surface area contributed by atoms with Gasteiger partial charge >= 0.3 is 5.97 Å². The van der Waals surface area contributed by atoms with Crippen LogP contribution in [0.2, 0.25) is 0 Å². The highest BCUT2D eigenvalue weighted by molar-refractivity contribution is 7.91. The molecule has 1 aromatic rings. The van der Waals surface area contributed by atoms with E-state index >= 15 is 0 Å². The van der Waals surface area contributed by atoms with E-state index in [1.807, 2.05) is 6.92 Å². The molecule has 0 saturated heterocycles. The van der Waals surface area contributed by atoms with Gasteiger partial charge in [0.25, 0.3) is 0 Å². The standard InChI is InChI=1S/C10H13NO4S/c1-2-8-5-9(7-11-6-8)16(14,15)4-3-10(12)13/h5-7H,2-4H2,1H3,(H,12,13). The van der Waals surface area contributed by atoms with Crippen molar-refractivity contribution in [1.29, 1.82) is 0 Å². The van der Waals surface area contributed by atoms with Crippen LogP contribution < -0.4 is 0 Å². The van der Waals surface area contributed by atoms with Crippen molar-refractivity contribution in [2.24, 2.45) is 0 Å². The summed E-state index contributed by atoms with van der Waals surface area (Å²) in [6, 6.07) is 1.53. The minimum absolute atomic E-state index is 0.0908. The number of sulfone groups is 1. The molecule has 0 bridgehead atoms. The van der Waals surface area contributed by atoms with Gasteiger partial charge in [-0.3, -0.25) is 9.78 Å². The molecule has 88 valence electrons. The van der Waals surface area contributed by atoms with Gasteiger partial charge in [-0.25, -0.2) is 8.42 Å². The third kappa shape index (κ3) is 3.30. The second kappa shape index (κ2) is 5.07. The number of rotatable bonds is 5. The zero-order valence-corrected chi connectivity index (χ0v) is 9.70. The second-order valence-electron chi connectivity index (χ2n) is 3.35. The van der Waals surface area contributed by atoms with Gasteiger partial charge in [0.15, 0.2) is 9.84 Å². The van der Waals surface area contributed by atoms with Crippen molar-refractivity contribution in [2.45, 2.75) is 24.7 Å². The van der Waals surface area contributed by atoms with Crippen molar-refractivity contribution in [3.05, 3.63) is 24.0 Å². The first-order valence-corrected chi connectivity index (χ1v) is 6.49. The lowest BCUT2D eigenvalue weighted by Crippen LogP contribution is -2.11. The normalized spacial score (nSPS) is 11.3. The second-order valence-corrected chi connectivity index (χ2v) is 5.45. The molecule has 0 unspecified atom stereocenters. The Kier molecular flexibility index (Phi) is 4.00. The van der Waals surface area contributed by atoms with Crippen LogP contribution in [0.4, 0.5) is 0 Å². The van der Waals surface area contributed by atoms with Gasteiger partial charge in [-0.1, -0.05) is 6.92 Å². The molecule has 1 N–H and O–H groups in total. The van der Waals surface area contributed by atoms with Crippen LogP contribution in [0.1, 0.15) is 18.9 Å². The van der Waals surface area contributed by atoms with Gasteiger partial charge in [0.2, 0.25) is 0 Å². The summed E-state index contributed by atoms with van der Waals surface area (Å²) in [4.78, 5) is 14.2. The highest BCUT2D eigenvalue weighted by Crippen LogP contribution is 2.12. The Morgan fingerprint density at radius 3 is 2.69 bits per heavy atom. The average molecular weight is 243 g/mol. The molecule has 0 spiro atoms. The predicted octanol–water partition coefficient (Wildman–Crippen LogP) is 0.892. The maximum Gasteiger partial charge on any atom is 0.304 e. The first kappa shape index (κ1) is 12.6. The Bertz CT molecular complexity index is 481. The van der Waals surface area contributed by atoms with Gasteiger partial charge in [-0.15, -0.1) is 0 Å². The van der Waals surface area contributed by atoms with E-state index in [4.69, 9.17) is 5.11 Å². The molecular weight excluding hydrogens is 230 g/mol. The fourth-order valence-electron chi connectivity index (χ4n) is 1.17. The highest BCUT2D eigenvalue weighted by Gasteiger charge is 2.16. The maximum atomic E-state index is 11.7. The molecular formula is C10H13NO4S. The zero-order chi connectivity index (χ0) is 12.2. The van der Waals surface area contributed by atoms with Crippen molar-refractivity contribution in [3.63, 3.8) is 0 Å². The van der Waals surface area contributed by atoms with Crippen LogP contribution in [0.3, 0.4) is 0 Å². The molecule has 0 aliphatic carbocycles. The summed E-state index contributed by atoms with van der Waals surface area (Å²) in [5, 5.41) is 8.44. The van der Waals surface area contributed by atoms with Gasteiger partial charge in [-0.05, 0) is 18.1 Å². The molecule has 1 aromatic heterocycles. The number of aliphatic carboxylic acids is 1. The number of hydrogen-bond acceptors (Lipinski definition) is 4. The zero-order valence-electron chi connectivity index (χ0n) is 8.88. The molecule has 16 heavy (non-hydrogen) atoms. The minimum Gasteiger partial charge on any atom is -0.481 e. The number of hydrogen-bond donors (Lipinski definition) is 1. The summed E-state index contributed by atoms with van der Waals surface area (Å²) in [5.41, 5.74) is 0.816. The molecule has 0 aromatic carbocycles. The third-order valence-electron chi connectivity index (χ3n) is 2.12. The third-order valence-corrected chi connectivity index (χ3v) is 3.80. The molecule has 0 radical (unpaired) electrons. The van der Waals surface area contributed by atoms with Crippen molar-refractivity contribution in [1.82, 2.24) is 4.98 Å². The van der Waals surface area contributed by atoms with E-state index in [1.54, 1.807) is 6.20 Å². The lowest BCUT2D eigenvalue weighted by molar-refractivity contribution is -0.136. The Morgan fingerprint density at radius 1 is 1.44 bits per heavy atom. The summed E-state index contributed by atoms with van der Waals surface area (Å²) in [7, 11) is -3.53. The van der Waals surface area contributed by atoms with Gasteiger partial charge in [0.1, 0.15) is 0 Å². The molecule has 5 nitrogen and oxygen atoms in total. The van der Waals surface area contributed by atoms with E-state index in [9.17, 15) is 13.2 Å². The van der Waals surface area contributed by atoms with E-state index in [0.717, 1.165) is 5.56 Å². The quantitative estimate of drug-likeness (QED) is 0.830. The molecule has 0 aliphatic heterocycles. The molecule has 0 fully saturated rings. The largest absolute Gasteiger partial charge is 0.481 e. The Hall–Kier alpha value is -1.43. The van der Waals surface area contributed by atoms with Gasteiger partial charge in [0, 0.05) is 12.4 Å². The lowest BCUT2D eigenvalue weighted by Gasteiger charge is -2.03. The van der Waals surface area contributed by atoms with E-state index in [2.05, 4.69) is 4.98 Å². The van der Waals surface area contributed by atoms with E-state index in [0.29, 0.717) is 6.42 Å². The van der Waals surface area contributed by atoms with Crippen LogP contribution in [0.25, 0.3) is 0 Å². The summed E-state index contributed by atoms with van der Waals surface area (Å²) in [5.74, 6) is -1.51. The summed E-state index contributed by atoms with van der Waals surface area (Å²) in [6.07, 6.45) is 3.14. The summed E-state index contributed by atoms with van der Waals surface area (Å²) in [6.45, 7) is 1.89. The van der Waals surface area contributed by atoms with Crippen LogP contribution >= 0.6 is 0 Å². The smallest absolute Gasteiger partial charge is 0.304 e. The van der Waals surface area contributed by atoms with E-state index in [1.165, 1.54) is 12.3 Å². The molecule has 0 saturated carbocycles. The number of nitrogens with zero attached hydrogens (tertiary/aromatic N) is 1. The van der Waals surface area contributed by atoms with Gasteiger partial charge in [0.05, 0.1) is 17.1 Å². The van der Waals surface area contributed by atoms with Crippen LogP contribution in [0.15, 0.2) is 23.4 Å². The van der Waals surface area contributed by atoms with Crippen molar-refractivity contribution >= 4 is 15.8 Å². The highest BCUT2D eigenvalue weighted by atomic mass is 32.2. The molecule has 6 heteroatoms. The van der Waals surface area contributed by atoms with Crippen molar-refractivity contribution in [3.8, 4) is 0 Å². The van der Waals surface area contributed by atoms with Gasteiger partial charge in [-0.2, -0.15) is 0 Å². The number of pyridine rings is 1. The Balaban J connectivity index is 2.93. The van der Waals surface area contributed by atoms with Gasteiger partial charge < -0.3 is 5.11 Å². The maximum absolute atomic E-state index is 11.7. The summed E-state index contributed by atoms with van der Waals surface area (Å²) < 4.78 is 23.4. The van der Waals surface area contributed by atoms with E-state index < -0.39 is 28.0 Å². The van der Waals surface area contributed by atoms with Crippen LogP contribution in [-0.2, 0) is 21.1 Å². The molecule has 1 rings (SSSR count). The first-order chi connectivity index (χ1) is 7.45. The lowest BCUT2D eigenvalue weighted by atomic mass is 10.2. The minimum atomic E-state index is -3.53. The Morgan fingerprint density at radius 2 is 2.12 bits per heavy atom. The number of carboxylic acid groups (broad SMARTS) is 1. The van der Waals surface area contributed by atoms with Crippen LogP contribution in [0.5, 0.6) is 0 Å². The van der Waals surface area contributed by atoms with Crippen molar-refractivity contribution < 1.29 is 18.3 Å². The average Bonchev–Trinajstić information content (AvgIpc) is 2.27. The fourth-order valence-corrected chi connectivity index (χ4v) is 2.40. The molecule has 0 atom stereocenters. The fraction of sp³-hybridized carbons (Fsp3) is 0.400.